The number of nitrogens with zero attached hydrogens (tertiary/aromatic N) is 2. The molecule has 1 saturated heterocycles. The maximum atomic E-state index is 13.4. The van der Waals surface area contributed by atoms with E-state index < -0.39 is 11.8 Å². The van der Waals surface area contributed by atoms with Crippen LogP contribution in [0.4, 0.5) is 5.69 Å². The molecular weight excluding hydrogens is 446 g/mol. The van der Waals surface area contributed by atoms with E-state index in [1.165, 1.54) is 4.90 Å². The Hall–Kier alpha value is -3.71. The third-order valence-corrected chi connectivity index (χ3v) is 6.31. The van der Waals surface area contributed by atoms with E-state index in [9.17, 15) is 9.59 Å². The van der Waals surface area contributed by atoms with Gasteiger partial charge >= 0.3 is 0 Å². The molecule has 34 heavy (non-hydrogen) atoms. The van der Waals surface area contributed by atoms with Gasteiger partial charge in [-0.1, -0.05) is 26.0 Å². The Morgan fingerprint density at radius 3 is 2.18 bits per heavy atom. The molecule has 174 valence electrons. The Morgan fingerprint density at radius 2 is 1.59 bits per heavy atom. The molecule has 2 aromatic carbocycles. The summed E-state index contributed by atoms with van der Waals surface area (Å²) in [5, 5.41) is 2.74. The first kappa shape index (κ1) is 23.4. The van der Waals surface area contributed by atoms with Gasteiger partial charge in [-0.25, -0.2) is 0 Å². The highest BCUT2D eigenvalue weighted by Crippen LogP contribution is 2.27. The Bertz CT molecular complexity index is 1300. The first-order chi connectivity index (χ1) is 16.2. The Balaban J connectivity index is 1.71. The lowest BCUT2D eigenvalue weighted by molar-refractivity contribution is -0.122. The second-order valence-electron chi connectivity index (χ2n) is 8.56. The number of carbonyl (C=O) groups is 2. The zero-order valence-electron chi connectivity index (χ0n) is 19.9. The number of benzene rings is 2. The van der Waals surface area contributed by atoms with Gasteiger partial charge in [-0.15, -0.1) is 0 Å². The second-order valence-corrected chi connectivity index (χ2v) is 8.95. The summed E-state index contributed by atoms with van der Waals surface area (Å²) in [6, 6.07) is 17.3. The highest BCUT2D eigenvalue weighted by molar-refractivity contribution is 7.80. The van der Waals surface area contributed by atoms with E-state index in [-0.39, 0.29) is 10.7 Å². The summed E-state index contributed by atoms with van der Waals surface area (Å²) in [6.45, 7) is 8.16. The van der Waals surface area contributed by atoms with Crippen molar-refractivity contribution < 1.29 is 14.3 Å². The van der Waals surface area contributed by atoms with Crippen molar-refractivity contribution in [3.63, 3.8) is 0 Å². The van der Waals surface area contributed by atoms with Crippen LogP contribution in [0.5, 0.6) is 5.75 Å². The summed E-state index contributed by atoms with van der Waals surface area (Å²) in [5.41, 5.74) is 5.46. The van der Waals surface area contributed by atoms with E-state index in [1.54, 1.807) is 13.2 Å². The molecule has 1 fully saturated rings. The third kappa shape index (κ3) is 4.26. The Morgan fingerprint density at radius 1 is 0.971 bits per heavy atom. The van der Waals surface area contributed by atoms with Gasteiger partial charge in [-0.05, 0) is 91.7 Å². The van der Waals surface area contributed by atoms with Crippen LogP contribution in [-0.2, 0) is 9.59 Å². The van der Waals surface area contributed by atoms with Gasteiger partial charge in [0.05, 0.1) is 12.8 Å². The summed E-state index contributed by atoms with van der Waals surface area (Å²) in [4.78, 5) is 27.5. The maximum absolute atomic E-state index is 13.4. The SMILES string of the molecule is COc1ccc(-n2c(C)cc(/C=C3\C(=O)NC(=S)N(c4ccc(C(C)C)cc4)C3=O)c2C)cc1. The van der Waals surface area contributed by atoms with Crippen LogP contribution in [0.25, 0.3) is 11.8 Å². The smallest absolute Gasteiger partial charge is 0.270 e. The number of hydrogen-bond acceptors (Lipinski definition) is 4. The van der Waals surface area contributed by atoms with Gasteiger partial charge in [0.15, 0.2) is 5.11 Å². The largest absolute Gasteiger partial charge is 0.497 e. The number of methoxy groups -OCH3 is 1. The molecule has 1 aliphatic rings. The Labute approximate surface area is 204 Å². The van der Waals surface area contributed by atoms with Gasteiger partial charge in [0, 0.05) is 17.1 Å². The molecule has 0 bridgehead atoms. The van der Waals surface area contributed by atoms with E-state index in [0.717, 1.165) is 34.0 Å². The summed E-state index contributed by atoms with van der Waals surface area (Å²) in [6.07, 6.45) is 1.64. The van der Waals surface area contributed by atoms with Crippen LogP contribution < -0.4 is 15.0 Å². The number of ether oxygens (including phenoxy) is 1. The fourth-order valence-corrected chi connectivity index (χ4v) is 4.40. The maximum Gasteiger partial charge on any atom is 0.270 e. The molecule has 1 aliphatic heterocycles. The first-order valence-electron chi connectivity index (χ1n) is 11.1. The minimum absolute atomic E-state index is 0.0384. The van der Waals surface area contributed by atoms with E-state index in [1.807, 2.05) is 68.4 Å². The van der Waals surface area contributed by atoms with Crippen LogP contribution in [0.2, 0.25) is 0 Å². The Kier molecular flexibility index (Phi) is 6.39. The fourth-order valence-electron chi connectivity index (χ4n) is 4.12. The lowest BCUT2D eigenvalue weighted by Crippen LogP contribution is -2.54. The van der Waals surface area contributed by atoms with Crippen LogP contribution in [0.3, 0.4) is 0 Å². The van der Waals surface area contributed by atoms with E-state index in [0.29, 0.717) is 11.6 Å². The van der Waals surface area contributed by atoms with Gasteiger partial charge in [0.2, 0.25) is 0 Å². The van der Waals surface area contributed by atoms with Gasteiger partial charge in [-0.3, -0.25) is 19.8 Å². The fraction of sp³-hybridized carbons (Fsp3) is 0.222. The quantitative estimate of drug-likeness (QED) is 0.320. The molecule has 7 heteroatoms. The van der Waals surface area contributed by atoms with E-state index in [4.69, 9.17) is 17.0 Å². The number of aryl methyl sites for hydroxylation is 1. The molecule has 4 rings (SSSR count). The summed E-state index contributed by atoms with van der Waals surface area (Å²) >= 11 is 5.33. The zero-order valence-corrected chi connectivity index (χ0v) is 20.7. The topological polar surface area (TPSA) is 63.6 Å². The van der Waals surface area contributed by atoms with E-state index >= 15 is 0 Å². The number of aromatic nitrogens is 1. The molecule has 2 amide bonds. The predicted molar refractivity (Wildman–Crippen MR) is 139 cm³/mol. The molecule has 0 radical (unpaired) electrons. The molecular formula is C27H27N3O3S. The number of rotatable bonds is 5. The lowest BCUT2D eigenvalue weighted by atomic mass is 10.0. The van der Waals surface area contributed by atoms with Gasteiger partial charge in [-0.2, -0.15) is 0 Å². The van der Waals surface area contributed by atoms with Gasteiger partial charge in [0.25, 0.3) is 11.8 Å². The third-order valence-electron chi connectivity index (χ3n) is 6.02. The van der Waals surface area contributed by atoms with Crippen LogP contribution >= 0.6 is 12.2 Å². The molecule has 6 nitrogen and oxygen atoms in total. The average Bonchev–Trinajstić information content (AvgIpc) is 3.09. The number of anilines is 1. The lowest BCUT2D eigenvalue weighted by Gasteiger charge is -2.29. The van der Waals surface area contributed by atoms with E-state index in [2.05, 4.69) is 23.7 Å². The molecule has 0 spiro atoms. The van der Waals surface area contributed by atoms with Crippen LogP contribution in [-0.4, -0.2) is 28.6 Å². The van der Waals surface area contributed by atoms with Crippen LogP contribution in [0.15, 0.2) is 60.2 Å². The van der Waals surface area contributed by atoms with Crippen molar-refractivity contribution in [3.8, 4) is 11.4 Å². The van der Waals surface area contributed by atoms with Crippen molar-refractivity contribution in [2.75, 3.05) is 12.0 Å². The highest BCUT2D eigenvalue weighted by Gasteiger charge is 2.34. The standard InChI is InChI=1S/C27H27N3O3S/c1-16(2)19-6-8-22(9-7-19)30-26(32)24(25(31)28-27(30)34)15-20-14-17(3)29(18(20)4)21-10-12-23(33-5)13-11-21/h6-16H,1-5H3,(H,28,31,34)/b24-15+. The molecule has 1 N–H and O–H groups in total. The van der Waals surface area contributed by atoms with Crippen molar-refractivity contribution >= 4 is 40.9 Å². The predicted octanol–water partition coefficient (Wildman–Crippen LogP) is 5.06. The number of hydrogen-bond donors (Lipinski definition) is 1. The molecule has 0 saturated carbocycles. The molecule has 3 aromatic rings. The van der Waals surface area contributed by atoms with Gasteiger partial charge in [0.1, 0.15) is 11.3 Å². The van der Waals surface area contributed by atoms with Gasteiger partial charge < -0.3 is 9.30 Å². The average molecular weight is 474 g/mol. The van der Waals surface area contributed by atoms with Crippen molar-refractivity contribution in [2.24, 2.45) is 0 Å². The normalized spacial score (nSPS) is 15.3. The number of carbonyl (C=O) groups excluding carboxylic acids is 2. The molecule has 0 unspecified atom stereocenters. The number of nitrogens with one attached hydrogen (secondary N) is 1. The number of amides is 2. The van der Waals surface area contributed by atoms with Crippen molar-refractivity contribution in [1.82, 2.24) is 9.88 Å². The zero-order chi connectivity index (χ0) is 24.6. The van der Waals surface area contributed by atoms with Crippen molar-refractivity contribution in [3.05, 3.63) is 82.7 Å². The van der Waals surface area contributed by atoms with Crippen molar-refractivity contribution in [1.29, 1.82) is 0 Å². The monoisotopic (exact) mass is 473 g/mol. The summed E-state index contributed by atoms with van der Waals surface area (Å²) in [5.74, 6) is 0.198. The summed E-state index contributed by atoms with van der Waals surface area (Å²) < 4.78 is 7.33. The molecule has 0 aliphatic carbocycles. The van der Waals surface area contributed by atoms with Crippen LogP contribution in [0.1, 0.15) is 42.3 Å². The first-order valence-corrected chi connectivity index (χ1v) is 11.5. The van der Waals surface area contributed by atoms with Crippen molar-refractivity contribution in [2.45, 2.75) is 33.6 Å². The molecule has 2 heterocycles. The summed E-state index contributed by atoms with van der Waals surface area (Å²) in [7, 11) is 1.63. The molecule has 0 atom stereocenters. The minimum atomic E-state index is -0.501. The van der Waals surface area contributed by atoms with Crippen LogP contribution in [0, 0.1) is 13.8 Å². The highest BCUT2D eigenvalue weighted by atomic mass is 32.1. The molecule has 1 aromatic heterocycles. The number of thiocarbonyl (C=S) groups is 1. The second kappa shape index (κ2) is 9.27. The minimum Gasteiger partial charge on any atom is -0.497 e.